The first-order valence-electron chi connectivity index (χ1n) is 10.8. The highest BCUT2D eigenvalue weighted by Crippen LogP contribution is 2.45. The first kappa shape index (κ1) is 24.6. The largest absolute Gasteiger partial charge is 0.489 e. The third-order valence-corrected chi connectivity index (χ3v) is 6.69. The molecule has 2 fully saturated rings. The van der Waals surface area contributed by atoms with E-state index in [2.05, 4.69) is 10.3 Å². The molecule has 178 valence electrons. The monoisotopic (exact) mass is 513 g/mol. The predicted molar refractivity (Wildman–Crippen MR) is 128 cm³/mol. The standard InChI is InChI=1S/C23H26Cl2FN3O3S/c1-33-29(31)27-23(30)20-10-19(15-4-5-15)22(11-21(20)26)32-18-3-2-6-28(13-18)12-14-7-16(24)9-17(25)8-14/h7-11,15,18,31H,2-6,12-13H2,1H3,(H,27,30). The average Bonchev–Trinajstić information content (AvgIpc) is 3.58. The van der Waals surface area contributed by atoms with Gasteiger partial charge in [-0.05, 0) is 90.1 Å². The lowest BCUT2D eigenvalue weighted by atomic mass is 10.0. The zero-order chi connectivity index (χ0) is 23.5. The van der Waals surface area contributed by atoms with E-state index in [1.54, 1.807) is 18.4 Å². The van der Waals surface area contributed by atoms with Crippen LogP contribution in [0.1, 0.15) is 53.1 Å². The summed E-state index contributed by atoms with van der Waals surface area (Å²) in [4.78, 5) is 14.6. The van der Waals surface area contributed by atoms with Crippen LogP contribution in [0.2, 0.25) is 10.0 Å². The Kier molecular flexibility index (Phi) is 8.04. The fraction of sp³-hybridized carbons (Fsp3) is 0.435. The third-order valence-electron chi connectivity index (χ3n) is 5.82. The van der Waals surface area contributed by atoms with Crippen LogP contribution >= 0.6 is 35.1 Å². The second-order valence-corrected chi connectivity index (χ2v) is 10.0. The van der Waals surface area contributed by atoms with E-state index in [-0.39, 0.29) is 17.6 Å². The Morgan fingerprint density at radius 1 is 1.24 bits per heavy atom. The number of benzene rings is 2. The van der Waals surface area contributed by atoms with E-state index < -0.39 is 11.7 Å². The number of hydrogen-bond acceptors (Lipinski definition) is 6. The van der Waals surface area contributed by atoms with Crippen molar-refractivity contribution in [2.24, 2.45) is 0 Å². The van der Waals surface area contributed by atoms with Gasteiger partial charge in [-0.1, -0.05) is 23.2 Å². The lowest BCUT2D eigenvalue weighted by Gasteiger charge is -2.33. The minimum Gasteiger partial charge on any atom is -0.489 e. The van der Waals surface area contributed by atoms with Crippen LogP contribution in [-0.2, 0) is 6.54 Å². The predicted octanol–water partition coefficient (Wildman–Crippen LogP) is 5.67. The summed E-state index contributed by atoms with van der Waals surface area (Å²) in [5.41, 5.74) is 3.99. The second kappa shape index (κ2) is 10.8. The molecule has 0 bridgehead atoms. The van der Waals surface area contributed by atoms with Crippen molar-refractivity contribution < 1.29 is 19.1 Å². The Morgan fingerprint density at radius 2 is 1.97 bits per heavy atom. The zero-order valence-electron chi connectivity index (χ0n) is 18.2. The van der Waals surface area contributed by atoms with Crippen LogP contribution in [-0.4, -0.2) is 46.0 Å². The average molecular weight is 514 g/mol. The Balaban J connectivity index is 1.47. The SMILES string of the molecule is CSN(O)NC(=O)c1cc(C2CC2)c(OC2CCCN(Cc3cc(Cl)cc(Cl)c3)C2)cc1F. The van der Waals surface area contributed by atoms with Crippen molar-refractivity contribution in [2.45, 2.75) is 44.2 Å². The number of carbonyl (C=O) groups excluding carboxylic acids is 1. The van der Waals surface area contributed by atoms with E-state index in [0.29, 0.717) is 33.5 Å². The summed E-state index contributed by atoms with van der Waals surface area (Å²) in [6.07, 6.45) is 5.28. The van der Waals surface area contributed by atoms with Crippen LogP contribution in [0.3, 0.4) is 0 Å². The molecule has 6 nitrogen and oxygen atoms in total. The van der Waals surface area contributed by atoms with Crippen molar-refractivity contribution in [3.05, 3.63) is 62.9 Å². The smallest absolute Gasteiger partial charge is 0.271 e. The molecule has 1 unspecified atom stereocenters. The van der Waals surface area contributed by atoms with E-state index in [1.807, 2.05) is 12.1 Å². The molecule has 1 amide bonds. The van der Waals surface area contributed by atoms with Crippen molar-refractivity contribution in [1.29, 1.82) is 0 Å². The Bertz CT molecular complexity index is 1000. The van der Waals surface area contributed by atoms with Crippen molar-refractivity contribution in [3.8, 4) is 5.75 Å². The van der Waals surface area contributed by atoms with E-state index in [9.17, 15) is 14.4 Å². The summed E-state index contributed by atoms with van der Waals surface area (Å²) in [6, 6.07) is 8.39. The summed E-state index contributed by atoms with van der Waals surface area (Å²) in [6.45, 7) is 2.33. The molecule has 0 aromatic heterocycles. The molecule has 1 atom stereocenters. The molecule has 1 saturated carbocycles. The highest BCUT2D eigenvalue weighted by atomic mass is 35.5. The molecule has 33 heavy (non-hydrogen) atoms. The molecule has 2 aromatic carbocycles. The number of rotatable bonds is 8. The number of carbonyl (C=O) groups is 1. The van der Waals surface area contributed by atoms with Crippen LogP contribution in [0.5, 0.6) is 5.75 Å². The lowest BCUT2D eigenvalue weighted by molar-refractivity contribution is -0.0242. The summed E-state index contributed by atoms with van der Waals surface area (Å²) < 4.78 is 21.7. The van der Waals surface area contributed by atoms with E-state index in [4.69, 9.17) is 27.9 Å². The molecule has 0 radical (unpaired) electrons. The van der Waals surface area contributed by atoms with Crippen molar-refractivity contribution in [2.75, 3.05) is 19.3 Å². The summed E-state index contributed by atoms with van der Waals surface area (Å²) in [5, 5.41) is 10.7. The molecular weight excluding hydrogens is 488 g/mol. The van der Waals surface area contributed by atoms with E-state index >= 15 is 0 Å². The summed E-state index contributed by atoms with van der Waals surface area (Å²) in [7, 11) is 0. The minimum atomic E-state index is -0.707. The Labute approximate surface area is 207 Å². The molecule has 2 aliphatic rings. The maximum absolute atomic E-state index is 14.8. The minimum absolute atomic E-state index is 0.0885. The highest BCUT2D eigenvalue weighted by Gasteiger charge is 2.31. The van der Waals surface area contributed by atoms with E-state index in [0.717, 1.165) is 55.3 Å². The maximum Gasteiger partial charge on any atom is 0.271 e. The zero-order valence-corrected chi connectivity index (χ0v) is 20.5. The van der Waals surface area contributed by atoms with Gasteiger partial charge >= 0.3 is 0 Å². The molecule has 10 heteroatoms. The van der Waals surface area contributed by atoms with Crippen LogP contribution < -0.4 is 10.2 Å². The maximum atomic E-state index is 14.8. The van der Waals surface area contributed by atoms with Gasteiger partial charge in [0.25, 0.3) is 5.91 Å². The van der Waals surface area contributed by atoms with E-state index in [1.165, 1.54) is 6.07 Å². The quantitative estimate of drug-likeness (QED) is 0.350. The Morgan fingerprint density at radius 3 is 2.64 bits per heavy atom. The normalized spacial score (nSPS) is 19.0. The fourth-order valence-corrected chi connectivity index (χ4v) is 4.89. The van der Waals surface area contributed by atoms with Gasteiger partial charge in [0.15, 0.2) is 0 Å². The third kappa shape index (κ3) is 6.53. The number of nitrogens with one attached hydrogen (secondary N) is 1. The topological polar surface area (TPSA) is 65.0 Å². The molecule has 2 N–H and O–H groups in total. The molecule has 2 aromatic rings. The van der Waals surface area contributed by atoms with Crippen LogP contribution in [0.15, 0.2) is 30.3 Å². The van der Waals surface area contributed by atoms with Crippen LogP contribution in [0.4, 0.5) is 4.39 Å². The van der Waals surface area contributed by atoms with Crippen LogP contribution in [0, 0.1) is 5.82 Å². The van der Waals surface area contributed by atoms with Crippen LogP contribution in [0.25, 0.3) is 0 Å². The molecule has 1 aliphatic heterocycles. The fourth-order valence-electron chi connectivity index (χ4n) is 4.15. The van der Waals surface area contributed by atoms with Crippen molar-refractivity contribution in [3.63, 3.8) is 0 Å². The first-order valence-corrected chi connectivity index (χ1v) is 12.8. The van der Waals surface area contributed by atoms with Crippen molar-refractivity contribution >= 4 is 41.1 Å². The van der Waals surface area contributed by atoms with Gasteiger partial charge in [-0.15, -0.1) is 0 Å². The number of hydrogen-bond donors (Lipinski definition) is 2. The number of likely N-dealkylation sites (tertiary alicyclic amines) is 1. The van der Waals surface area contributed by atoms with Gasteiger partial charge in [0.05, 0.1) is 5.56 Å². The summed E-state index contributed by atoms with van der Waals surface area (Å²) >= 11 is 13.2. The molecule has 1 heterocycles. The number of ether oxygens (including phenoxy) is 1. The number of halogens is 3. The molecule has 1 aliphatic carbocycles. The van der Waals surface area contributed by atoms with Gasteiger partial charge in [-0.2, -0.15) is 0 Å². The van der Waals surface area contributed by atoms with Crippen molar-refractivity contribution in [1.82, 2.24) is 14.9 Å². The molecule has 1 saturated heterocycles. The van der Waals surface area contributed by atoms with Gasteiger partial charge in [0, 0.05) is 35.5 Å². The van der Waals surface area contributed by atoms with Gasteiger partial charge in [-0.25, -0.2) is 4.39 Å². The first-order chi connectivity index (χ1) is 15.8. The second-order valence-electron chi connectivity index (χ2n) is 8.44. The highest BCUT2D eigenvalue weighted by molar-refractivity contribution is 7.96. The lowest BCUT2D eigenvalue weighted by Crippen LogP contribution is -2.40. The number of hydrazine groups is 1. The number of nitrogens with zero attached hydrogens (tertiary/aromatic N) is 2. The van der Waals surface area contributed by atoms with Gasteiger partial charge in [0.2, 0.25) is 0 Å². The van der Waals surface area contributed by atoms with Gasteiger partial charge in [0.1, 0.15) is 17.7 Å². The van der Waals surface area contributed by atoms with Gasteiger partial charge < -0.3 is 4.74 Å². The Hall–Kier alpha value is -1.55. The molecule has 0 spiro atoms. The molecule has 4 rings (SSSR count). The summed E-state index contributed by atoms with van der Waals surface area (Å²) in [5.74, 6) is -0.634. The van der Waals surface area contributed by atoms with Gasteiger partial charge in [-0.3, -0.25) is 20.3 Å². The number of piperidine rings is 1. The molecular formula is C23H26Cl2FN3O3S. The number of amides is 1.